The fraction of sp³-hybridized carbons (Fsp3) is 0.733. The number of ether oxygens (including phenoxy) is 1. The summed E-state index contributed by atoms with van der Waals surface area (Å²) < 4.78 is 6.18. The quantitative estimate of drug-likeness (QED) is 0.841. The fourth-order valence-electron chi connectivity index (χ4n) is 2.71. The Morgan fingerprint density at radius 3 is 2.42 bits per heavy atom. The lowest BCUT2D eigenvalue weighted by Gasteiger charge is -2.21. The zero-order chi connectivity index (χ0) is 13.7. The zero-order valence-corrected chi connectivity index (χ0v) is 12.3. The normalized spacial score (nSPS) is 17.3. The van der Waals surface area contributed by atoms with Gasteiger partial charge in [0, 0.05) is 7.05 Å². The molecule has 0 spiro atoms. The number of anilines is 1. The number of hydrogen-bond donors (Lipinski definition) is 1. The van der Waals surface area contributed by atoms with E-state index in [9.17, 15) is 0 Å². The molecule has 0 radical (unpaired) electrons. The van der Waals surface area contributed by atoms with Gasteiger partial charge in [0.15, 0.2) is 0 Å². The molecule has 4 nitrogen and oxygen atoms in total. The van der Waals surface area contributed by atoms with Gasteiger partial charge in [0.2, 0.25) is 5.88 Å². The van der Waals surface area contributed by atoms with Crippen LogP contribution in [0.4, 0.5) is 5.82 Å². The van der Waals surface area contributed by atoms with E-state index in [1.807, 2.05) is 7.05 Å². The SMILES string of the molecule is CNc1ncnc(OC2CCCCCC2)c1C(C)C. The van der Waals surface area contributed by atoms with Crippen LogP contribution < -0.4 is 10.1 Å². The van der Waals surface area contributed by atoms with Crippen molar-refractivity contribution in [2.75, 3.05) is 12.4 Å². The predicted molar refractivity (Wildman–Crippen MR) is 77.8 cm³/mol. The Bertz CT molecular complexity index is 398. The van der Waals surface area contributed by atoms with Crippen molar-refractivity contribution in [1.82, 2.24) is 9.97 Å². The van der Waals surface area contributed by atoms with Gasteiger partial charge in [-0.1, -0.05) is 26.7 Å². The first-order valence-corrected chi connectivity index (χ1v) is 7.41. The lowest BCUT2D eigenvalue weighted by molar-refractivity contribution is 0.173. The summed E-state index contributed by atoms with van der Waals surface area (Å²) in [5.74, 6) is 2.00. The van der Waals surface area contributed by atoms with Crippen molar-refractivity contribution in [3.63, 3.8) is 0 Å². The molecule has 1 aliphatic carbocycles. The van der Waals surface area contributed by atoms with E-state index >= 15 is 0 Å². The third-order valence-corrected chi connectivity index (χ3v) is 3.74. The van der Waals surface area contributed by atoms with Gasteiger partial charge in [0.05, 0.1) is 5.56 Å². The monoisotopic (exact) mass is 263 g/mol. The molecule has 1 aromatic heterocycles. The molecule has 1 saturated carbocycles. The highest BCUT2D eigenvalue weighted by atomic mass is 16.5. The summed E-state index contributed by atoms with van der Waals surface area (Å²) in [5.41, 5.74) is 1.09. The molecule has 1 heterocycles. The van der Waals surface area contributed by atoms with Gasteiger partial charge < -0.3 is 10.1 Å². The van der Waals surface area contributed by atoms with Crippen molar-refractivity contribution in [1.29, 1.82) is 0 Å². The topological polar surface area (TPSA) is 47.0 Å². The van der Waals surface area contributed by atoms with Gasteiger partial charge in [-0.15, -0.1) is 0 Å². The van der Waals surface area contributed by atoms with Crippen molar-refractivity contribution in [2.45, 2.75) is 64.4 Å². The van der Waals surface area contributed by atoms with Crippen molar-refractivity contribution < 1.29 is 4.74 Å². The number of aromatic nitrogens is 2. The van der Waals surface area contributed by atoms with Crippen molar-refractivity contribution in [3.8, 4) is 5.88 Å². The molecule has 0 aromatic carbocycles. The van der Waals surface area contributed by atoms with Crippen LogP contribution in [0.3, 0.4) is 0 Å². The van der Waals surface area contributed by atoms with Crippen molar-refractivity contribution >= 4 is 5.82 Å². The van der Waals surface area contributed by atoms with E-state index in [4.69, 9.17) is 4.74 Å². The average Bonchev–Trinajstić information content (AvgIpc) is 2.66. The highest BCUT2D eigenvalue weighted by Gasteiger charge is 2.20. The molecule has 0 unspecified atom stereocenters. The van der Waals surface area contributed by atoms with Crippen LogP contribution >= 0.6 is 0 Å². The Kier molecular flexibility index (Phi) is 5.00. The lowest BCUT2D eigenvalue weighted by atomic mass is 10.1. The molecule has 0 aliphatic heterocycles. The standard InChI is InChI=1S/C15H25N3O/c1-11(2)13-14(16-3)17-10-18-15(13)19-12-8-6-4-5-7-9-12/h10-12H,4-9H2,1-3H3,(H,16,17,18). The highest BCUT2D eigenvalue weighted by molar-refractivity contribution is 5.50. The average molecular weight is 263 g/mol. The molecule has 1 fully saturated rings. The van der Waals surface area contributed by atoms with Gasteiger partial charge in [-0.05, 0) is 31.6 Å². The fourth-order valence-corrected chi connectivity index (χ4v) is 2.71. The third kappa shape index (κ3) is 3.58. The summed E-state index contributed by atoms with van der Waals surface area (Å²) in [6, 6.07) is 0. The third-order valence-electron chi connectivity index (χ3n) is 3.74. The molecular formula is C15H25N3O. The Hall–Kier alpha value is -1.32. The molecular weight excluding hydrogens is 238 g/mol. The van der Waals surface area contributed by atoms with Gasteiger partial charge >= 0.3 is 0 Å². The molecule has 1 N–H and O–H groups in total. The van der Waals surface area contributed by atoms with Gasteiger partial charge in [0.25, 0.3) is 0 Å². The van der Waals surface area contributed by atoms with E-state index in [1.165, 1.54) is 25.7 Å². The van der Waals surface area contributed by atoms with E-state index in [0.717, 1.165) is 30.1 Å². The number of nitrogens with zero attached hydrogens (tertiary/aromatic N) is 2. The van der Waals surface area contributed by atoms with Crippen LogP contribution in [0.2, 0.25) is 0 Å². The first-order valence-electron chi connectivity index (χ1n) is 7.41. The Labute approximate surface area is 116 Å². The van der Waals surface area contributed by atoms with Gasteiger partial charge in [-0.25, -0.2) is 9.97 Å². The van der Waals surface area contributed by atoms with Gasteiger partial charge in [-0.3, -0.25) is 0 Å². The molecule has 1 aromatic rings. The largest absolute Gasteiger partial charge is 0.474 e. The zero-order valence-electron chi connectivity index (χ0n) is 12.3. The minimum Gasteiger partial charge on any atom is -0.474 e. The maximum atomic E-state index is 6.18. The first kappa shape index (κ1) is 14.1. The summed E-state index contributed by atoms with van der Waals surface area (Å²) in [5, 5.41) is 3.14. The number of nitrogens with one attached hydrogen (secondary N) is 1. The minimum atomic E-state index is 0.319. The Morgan fingerprint density at radius 1 is 1.16 bits per heavy atom. The smallest absolute Gasteiger partial charge is 0.222 e. The molecule has 1 aliphatic rings. The molecule has 19 heavy (non-hydrogen) atoms. The van der Waals surface area contributed by atoms with E-state index in [2.05, 4.69) is 29.1 Å². The van der Waals surface area contributed by atoms with Crippen LogP contribution in [0.25, 0.3) is 0 Å². The van der Waals surface area contributed by atoms with E-state index < -0.39 is 0 Å². The predicted octanol–water partition coefficient (Wildman–Crippen LogP) is 3.74. The second-order valence-electron chi connectivity index (χ2n) is 5.58. The molecule has 4 heteroatoms. The number of hydrogen-bond acceptors (Lipinski definition) is 4. The summed E-state index contributed by atoms with van der Waals surface area (Å²) in [6.07, 6.45) is 9.42. The molecule has 0 saturated heterocycles. The lowest BCUT2D eigenvalue weighted by Crippen LogP contribution is -2.18. The van der Waals surface area contributed by atoms with E-state index in [-0.39, 0.29) is 0 Å². The maximum absolute atomic E-state index is 6.18. The van der Waals surface area contributed by atoms with Crippen LogP contribution in [0.1, 0.15) is 63.9 Å². The van der Waals surface area contributed by atoms with Crippen molar-refractivity contribution in [2.24, 2.45) is 0 Å². The second-order valence-corrected chi connectivity index (χ2v) is 5.58. The summed E-state index contributed by atoms with van der Waals surface area (Å²) >= 11 is 0. The van der Waals surface area contributed by atoms with E-state index in [1.54, 1.807) is 6.33 Å². The molecule has 0 bridgehead atoms. The highest BCUT2D eigenvalue weighted by Crippen LogP contribution is 2.32. The van der Waals surface area contributed by atoms with Gasteiger partial charge in [-0.2, -0.15) is 0 Å². The Balaban J connectivity index is 2.18. The van der Waals surface area contributed by atoms with Gasteiger partial charge in [0.1, 0.15) is 18.2 Å². The summed E-state index contributed by atoms with van der Waals surface area (Å²) in [4.78, 5) is 8.65. The van der Waals surface area contributed by atoms with Crippen LogP contribution in [0.5, 0.6) is 5.88 Å². The summed E-state index contributed by atoms with van der Waals surface area (Å²) in [6.45, 7) is 4.30. The molecule has 2 rings (SSSR count). The minimum absolute atomic E-state index is 0.319. The second kappa shape index (κ2) is 6.73. The van der Waals surface area contributed by atoms with Crippen LogP contribution in [-0.2, 0) is 0 Å². The number of rotatable bonds is 4. The van der Waals surface area contributed by atoms with Crippen molar-refractivity contribution in [3.05, 3.63) is 11.9 Å². The van der Waals surface area contributed by atoms with Crippen LogP contribution in [0.15, 0.2) is 6.33 Å². The molecule has 0 atom stereocenters. The molecule has 106 valence electrons. The molecule has 0 amide bonds. The summed E-state index contributed by atoms with van der Waals surface area (Å²) in [7, 11) is 1.89. The Morgan fingerprint density at radius 2 is 1.84 bits per heavy atom. The van der Waals surface area contributed by atoms with E-state index in [0.29, 0.717) is 12.0 Å². The maximum Gasteiger partial charge on any atom is 0.222 e. The first-order chi connectivity index (χ1) is 9.22. The van der Waals surface area contributed by atoms with Crippen LogP contribution in [-0.4, -0.2) is 23.1 Å². The van der Waals surface area contributed by atoms with Crippen LogP contribution in [0, 0.1) is 0 Å².